The number of aliphatic imine (C=N–C) groups is 1. The fourth-order valence-electron chi connectivity index (χ4n) is 3.41. The van der Waals surface area contributed by atoms with Crippen molar-refractivity contribution < 1.29 is 14.3 Å². The van der Waals surface area contributed by atoms with E-state index < -0.39 is 0 Å². The molecule has 0 bridgehead atoms. The second-order valence-electron chi connectivity index (χ2n) is 7.83. The van der Waals surface area contributed by atoms with E-state index in [9.17, 15) is 4.79 Å². The summed E-state index contributed by atoms with van der Waals surface area (Å²) in [4.78, 5) is 17.1. The van der Waals surface area contributed by atoms with Crippen LogP contribution in [0.2, 0.25) is 0 Å². The highest BCUT2D eigenvalue weighted by molar-refractivity contribution is 5.94. The Labute approximate surface area is 190 Å². The normalized spacial score (nSPS) is 15.9. The molecule has 0 radical (unpaired) electrons. The molecule has 0 saturated carbocycles. The quantitative estimate of drug-likeness (QED) is 0.302. The average molecular weight is 439 g/mol. The second-order valence-corrected chi connectivity index (χ2v) is 7.83. The van der Waals surface area contributed by atoms with Gasteiger partial charge in [-0.25, -0.2) is 4.99 Å². The molecule has 1 fully saturated rings. The number of nitrogens with zero attached hydrogens (tertiary/aromatic N) is 1. The van der Waals surface area contributed by atoms with Gasteiger partial charge < -0.3 is 25.4 Å². The number of ether oxygens (including phenoxy) is 2. The van der Waals surface area contributed by atoms with Crippen molar-refractivity contribution in [3.63, 3.8) is 0 Å². The summed E-state index contributed by atoms with van der Waals surface area (Å²) in [6.45, 7) is 7.82. The monoisotopic (exact) mass is 438 g/mol. The zero-order valence-corrected chi connectivity index (χ0v) is 19.0. The summed E-state index contributed by atoms with van der Waals surface area (Å²) in [6, 6.07) is 15.6. The van der Waals surface area contributed by atoms with Crippen LogP contribution in [0.4, 0.5) is 0 Å². The Bertz CT molecular complexity index is 877. The van der Waals surface area contributed by atoms with Gasteiger partial charge in [0.05, 0.1) is 19.2 Å². The Kier molecular flexibility index (Phi) is 9.37. The standard InChI is InChI=1S/C25H34N4O3/c1-3-26-25(27-13-15-32-22-11-9-19(2)10-12-22)29-17-20-6-4-7-21(16-20)24(30)28-18-23-8-5-14-31-23/h4,6-7,9-12,16,23H,3,5,8,13-15,17-18H2,1-2H3,(H,28,30)(H2,26,27,29). The third kappa shape index (κ3) is 7.89. The molecule has 7 nitrogen and oxygen atoms in total. The molecule has 7 heteroatoms. The minimum atomic E-state index is -0.0791. The highest BCUT2D eigenvalue weighted by Gasteiger charge is 2.16. The van der Waals surface area contributed by atoms with E-state index in [1.807, 2.05) is 55.5 Å². The number of amides is 1. The van der Waals surface area contributed by atoms with Crippen molar-refractivity contribution in [2.75, 3.05) is 32.8 Å². The average Bonchev–Trinajstić information content (AvgIpc) is 3.33. The van der Waals surface area contributed by atoms with Gasteiger partial charge in [0.1, 0.15) is 12.4 Å². The minimum Gasteiger partial charge on any atom is -0.492 e. The van der Waals surface area contributed by atoms with Crippen molar-refractivity contribution in [2.24, 2.45) is 4.99 Å². The molecule has 1 heterocycles. The van der Waals surface area contributed by atoms with Crippen molar-refractivity contribution in [3.05, 3.63) is 65.2 Å². The first-order chi connectivity index (χ1) is 15.6. The number of benzene rings is 2. The van der Waals surface area contributed by atoms with Gasteiger partial charge in [0.15, 0.2) is 5.96 Å². The fraction of sp³-hybridized carbons (Fsp3) is 0.440. The van der Waals surface area contributed by atoms with Crippen molar-refractivity contribution >= 4 is 11.9 Å². The second kappa shape index (κ2) is 12.7. The molecule has 3 rings (SSSR count). The van der Waals surface area contributed by atoms with E-state index in [-0.39, 0.29) is 12.0 Å². The summed E-state index contributed by atoms with van der Waals surface area (Å²) in [5.74, 6) is 1.49. The lowest BCUT2D eigenvalue weighted by atomic mass is 10.1. The van der Waals surface area contributed by atoms with Gasteiger partial charge in [-0.15, -0.1) is 0 Å². The molecule has 0 aromatic heterocycles. The van der Waals surface area contributed by atoms with Gasteiger partial charge in [-0.1, -0.05) is 29.8 Å². The van der Waals surface area contributed by atoms with Crippen molar-refractivity contribution in [1.29, 1.82) is 0 Å². The van der Waals surface area contributed by atoms with E-state index in [4.69, 9.17) is 9.47 Å². The van der Waals surface area contributed by atoms with Gasteiger partial charge in [-0.2, -0.15) is 0 Å². The maximum absolute atomic E-state index is 12.5. The smallest absolute Gasteiger partial charge is 0.251 e. The van der Waals surface area contributed by atoms with Gasteiger partial charge in [-0.3, -0.25) is 4.79 Å². The highest BCUT2D eigenvalue weighted by Crippen LogP contribution is 2.12. The largest absolute Gasteiger partial charge is 0.492 e. The first kappa shape index (κ1) is 23.6. The molecular weight excluding hydrogens is 404 g/mol. The summed E-state index contributed by atoms with van der Waals surface area (Å²) in [5.41, 5.74) is 2.82. The lowest BCUT2D eigenvalue weighted by Crippen LogP contribution is -2.39. The van der Waals surface area contributed by atoms with Gasteiger partial charge in [-0.05, 0) is 56.5 Å². The van der Waals surface area contributed by atoms with Crippen molar-refractivity contribution in [3.8, 4) is 5.75 Å². The molecule has 1 atom stereocenters. The van der Waals surface area contributed by atoms with Crippen LogP contribution in [-0.4, -0.2) is 50.8 Å². The SMILES string of the molecule is CCNC(=NCc1cccc(C(=O)NCC2CCCO2)c1)NCCOc1ccc(C)cc1. The van der Waals surface area contributed by atoms with E-state index in [0.29, 0.717) is 37.8 Å². The summed E-state index contributed by atoms with van der Waals surface area (Å²) in [7, 11) is 0. The molecule has 32 heavy (non-hydrogen) atoms. The van der Waals surface area contributed by atoms with E-state index in [2.05, 4.69) is 27.9 Å². The van der Waals surface area contributed by atoms with E-state index >= 15 is 0 Å². The molecule has 3 N–H and O–H groups in total. The van der Waals surface area contributed by atoms with Crippen LogP contribution in [0.5, 0.6) is 5.75 Å². The Morgan fingerprint density at radius 3 is 2.75 bits per heavy atom. The lowest BCUT2D eigenvalue weighted by Gasteiger charge is -2.13. The Hall–Kier alpha value is -3.06. The van der Waals surface area contributed by atoms with Crippen LogP contribution in [0.15, 0.2) is 53.5 Å². The third-order valence-corrected chi connectivity index (χ3v) is 5.15. The molecular formula is C25H34N4O3. The Morgan fingerprint density at radius 1 is 1.16 bits per heavy atom. The number of hydrogen-bond donors (Lipinski definition) is 3. The summed E-state index contributed by atoms with van der Waals surface area (Å²) >= 11 is 0. The molecule has 1 aliphatic rings. The number of rotatable bonds is 10. The van der Waals surface area contributed by atoms with Crippen LogP contribution in [0.1, 0.15) is 41.3 Å². The number of guanidine groups is 1. The zero-order chi connectivity index (χ0) is 22.6. The number of carbonyl (C=O) groups excluding carboxylic acids is 1. The zero-order valence-electron chi connectivity index (χ0n) is 19.0. The van der Waals surface area contributed by atoms with Gasteiger partial charge >= 0.3 is 0 Å². The van der Waals surface area contributed by atoms with Gasteiger partial charge in [0.25, 0.3) is 5.91 Å². The van der Waals surface area contributed by atoms with Crippen LogP contribution in [0, 0.1) is 6.92 Å². The fourth-order valence-corrected chi connectivity index (χ4v) is 3.41. The van der Waals surface area contributed by atoms with Gasteiger partial charge in [0.2, 0.25) is 0 Å². The maximum atomic E-state index is 12.5. The highest BCUT2D eigenvalue weighted by atomic mass is 16.5. The topological polar surface area (TPSA) is 84.0 Å². The molecule has 0 aliphatic carbocycles. The molecule has 1 aliphatic heterocycles. The number of hydrogen-bond acceptors (Lipinski definition) is 4. The van der Waals surface area contributed by atoms with Crippen LogP contribution in [0.25, 0.3) is 0 Å². The molecule has 1 saturated heterocycles. The first-order valence-corrected chi connectivity index (χ1v) is 11.3. The third-order valence-electron chi connectivity index (χ3n) is 5.15. The Morgan fingerprint density at radius 2 is 2.00 bits per heavy atom. The molecule has 0 spiro atoms. The molecule has 172 valence electrons. The molecule has 1 unspecified atom stereocenters. The van der Waals surface area contributed by atoms with Crippen LogP contribution < -0.4 is 20.7 Å². The molecule has 2 aromatic rings. The van der Waals surface area contributed by atoms with E-state index in [0.717, 1.165) is 37.3 Å². The van der Waals surface area contributed by atoms with Crippen LogP contribution in [-0.2, 0) is 11.3 Å². The molecule has 1 amide bonds. The number of nitrogens with one attached hydrogen (secondary N) is 3. The van der Waals surface area contributed by atoms with Gasteiger partial charge in [0, 0.05) is 25.3 Å². The van der Waals surface area contributed by atoms with Crippen molar-refractivity contribution in [2.45, 2.75) is 39.3 Å². The van der Waals surface area contributed by atoms with Crippen LogP contribution in [0.3, 0.4) is 0 Å². The number of aryl methyl sites for hydroxylation is 1. The van der Waals surface area contributed by atoms with E-state index in [1.165, 1.54) is 5.56 Å². The predicted molar refractivity (Wildman–Crippen MR) is 127 cm³/mol. The van der Waals surface area contributed by atoms with Crippen molar-refractivity contribution in [1.82, 2.24) is 16.0 Å². The van der Waals surface area contributed by atoms with Crippen LogP contribution >= 0.6 is 0 Å². The summed E-state index contributed by atoms with van der Waals surface area (Å²) in [6.07, 6.45) is 2.20. The first-order valence-electron chi connectivity index (χ1n) is 11.3. The Balaban J connectivity index is 1.47. The van der Waals surface area contributed by atoms with E-state index in [1.54, 1.807) is 0 Å². The lowest BCUT2D eigenvalue weighted by molar-refractivity contribution is 0.0857. The minimum absolute atomic E-state index is 0.0791. The molecule has 2 aromatic carbocycles. The summed E-state index contributed by atoms with van der Waals surface area (Å²) in [5, 5.41) is 9.49. The number of carbonyl (C=O) groups is 1. The maximum Gasteiger partial charge on any atom is 0.251 e. The predicted octanol–water partition coefficient (Wildman–Crippen LogP) is 3.04. The summed E-state index contributed by atoms with van der Waals surface area (Å²) < 4.78 is 11.3.